The van der Waals surface area contributed by atoms with E-state index in [1.54, 1.807) is 32.9 Å². The number of rotatable bonds is 5. The molecule has 0 radical (unpaired) electrons. The summed E-state index contributed by atoms with van der Waals surface area (Å²) in [6, 6.07) is 5.04. The molecule has 1 aromatic carbocycles. The second-order valence-corrected chi connectivity index (χ2v) is 5.86. The molecule has 7 heteroatoms. The standard InChI is InChI=1S/C15H20ClNO5/c1-15(2,3)22-14(20)17-12(13(19)21-9-16)8-10-4-6-11(18)7-5-10/h4-7,12,18H,8-9H2,1-3H3,(H,17,20). The number of halogens is 1. The van der Waals surface area contributed by atoms with Crippen molar-refractivity contribution in [2.45, 2.75) is 38.8 Å². The predicted molar refractivity (Wildman–Crippen MR) is 81.8 cm³/mol. The fraction of sp³-hybridized carbons (Fsp3) is 0.467. The Morgan fingerprint density at radius 3 is 2.36 bits per heavy atom. The van der Waals surface area contributed by atoms with Gasteiger partial charge in [-0.25, -0.2) is 9.59 Å². The average Bonchev–Trinajstić information content (AvgIpc) is 2.38. The highest BCUT2D eigenvalue weighted by Gasteiger charge is 2.25. The molecule has 0 aliphatic carbocycles. The van der Waals surface area contributed by atoms with Gasteiger partial charge in [0.1, 0.15) is 17.4 Å². The average molecular weight is 330 g/mol. The molecule has 0 saturated carbocycles. The minimum Gasteiger partial charge on any atom is -0.508 e. The van der Waals surface area contributed by atoms with E-state index in [0.29, 0.717) is 0 Å². The molecule has 1 rings (SSSR count). The summed E-state index contributed by atoms with van der Waals surface area (Å²) in [6.45, 7) is 5.16. The molecule has 0 aliphatic heterocycles. The van der Waals surface area contributed by atoms with Crippen molar-refractivity contribution in [3.8, 4) is 5.75 Å². The number of phenols is 1. The van der Waals surface area contributed by atoms with Gasteiger partial charge in [-0.15, -0.1) is 0 Å². The summed E-state index contributed by atoms with van der Waals surface area (Å²) in [5, 5.41) is 11.7. The van der Waals surface area contributed by atoms with Crippen LogP contribution in [0.4, 0.5) is 4.79 Å². The highest BCUT2D eigenvalue weighted by atomic mass is 35.5. The molecule has 1 atom stereocenters. The summed E-state index contributed by atoms with van der Waals surface area (Å²) >= 11 is 5.39. The largest absolute Gasteiger partial charge is 0.508 e. The molecule has 0 spiro atoms. The molecule has 0 saturated heterocycles. The summed E-state index contributed by atoms with van der Waals surface area (Å²) in [6.07, 6.45) is -0.530. The Kier molecular flexibility index (Phi) is 6.49. The van der Waals surface area contributed by atoms with E-state index in [9.17, 15) is 14.7 Å². The Morgan fingerprint density at radius 1 is 1.27 bits per heavy atom. The molecule has 1 amide bonds. The van der Waals surface area contributed by atoms with Gasteiger partial charge < -0.3 is 19.9 Å². The molecule has 22 heavy (non-hydrogen) atoms. The molecular formula is C15H20ClNO5. The van der Waals surface area contributed by atoms with Crippen molar-refractivity contribution in [3.05, 3.63) is 29.8 Å². The second kappa shape index (κ2) is 7.89. The number of ether oxygens (including phenoxy) is 2. The van der Waals surface area contributed by atoms with E-state index >= 15 is 0 Å². The van der Waals surface area contributed by atoms with Gasteiger partial charge in [0.15, 0.2) is 6.07 Å². The minimum atomic E-state index is -0.932. The van der Waals surface area contributed by atoms with Crippen LogP contribution in [-0.4, -0.2) is 34.9 Å². The Morgan fingerprint density at radius 2 is 1.86 bits per heavy atom. The normalized spacial score (nSPS) is 12.4. The van der Waals surface area contributed by atoms with Crippen molar-refractivity contribution in [3.63, 3.8) is 0 Å². The number of esters is 1. The molecule has 0 fully saturated rings. The van der Waals surface area contributed by atoms with Gasteiger partial charge in [-0.3, -0.25) is 0 Å². The molecule has 2 N–H and O–H groups in total. The molecule has 0 aromatic heterocycles. The summed E-state index contributed by atoms with van der Waals surface area (Å²) in [7, 11) is 0. The SMILES string of the molecule is CC(C)(C)OC(=O)NC(Cc1ccc(O)cc1)C(=O)OCCl. The number of hydrogen-bond acceptors (Lipinski definition) is 5. The zero-order valence-corrected chi connectivity index (χ0v) is 13.5. The van der Waals surface area contributed by atoms with Crippen molar-refractivity contribution >= 4 is 23.7 Å². The molecule has 0 aliphatic rings. The number of carbonyl (C=O) groups is 2. The van der Waals surface area contributed by atoms with Crippen LogP contribution in [0.2, 0.25) is 0 Å². The van der Waals surface area contributed by atoms with Gasteiger partial charge in [0.2, 0.25) is 0 Å². The molecular weight excluding hydrogens is 310 g/mol. The number of alkyl halides is 1. The second-order valence-electron chi connectivity index (χ2n) is 5.64. The number of nitrogens with one attached hydrogen (secondary N) is 1. The molecule has 6 nitrogen and oxygen atoms in total. The van der Waals surface area contributed by atoms with E-state index in [4.69, 9.17) is 21.1 Å². The molecule has 1 aromatic rings. The van der Waals surface area contributed by atoms with Crippen LogP contribution in [0, 0.1) is 0 Å². The van der Waals surface area contributed by atoms with Gasteiger partial charge in [-0.1, -0.05) is 23.7 Å². The third kappa shape index (κ3) is 6.67. The maximum Gasteiger partial charge on any atom is 0.408 e. The van der Waals surface area contributed by atoms with E-state index in [-0.39, 0.29) is 18.2 Å². The Bertz CT molecular complexity index is 510. The predicted octanol–water partition coefficient (Wildman–Crippen LogP) is 2.57. The smallest absolute Gasteiger partial charge is 0.408 e. The lowest BCUT2D eigenvalue weighted by molar-refractivity contribution is -0.144. The number of aromatic hydroxyl groups is 1. The van der Waals surface area contributed by atoms with Crippen LogP contribution in [0.1, 0.15) is 26.3 Å². The lowest BCUT2D eigenvalue weighted by Gasteiger charge is -2.22. The number of carbonyl (C=O) groups excluding carboxylic acids is 2. The van der Waals surface area contributed by atoms with E-state index in [0.717, 1.165) is 5.56 Å². The third-order valence-corrected chi connectivity index (χ3v) is 2.66. The van der Waals surface area contributed by atoms with E-state index in [1.165, 1.54) is 12.1 Å². The molecule has 0 heterocycles. The quantitative estimate of drug-likeness (QED) is 0.640. The van der Waals surface area contributed by atoms with Crippen LogP contribution in [0.3, 0.4) is 0 Å². The Labute approximate surface area is 134 Å². The Hall–Kier alpha value is -1.95. The van der Waals surface area contributed by atoms with Crippen molar-refractivity contribution in [2.24, 2.45) is 0 Å². The van der Waals surface area contributed by atoms with Crippen LogP contribution in [0.5, 0.6) is 5.75 Å². The monoisotopic (exact) mass is 329 g/mol. The van der Waals surface area contributed by atoms with Gasteiger partial charge in [-0.05, 0) is 38.5 Å². The molecule has 1 unspecified atom stereocenters. The van der Waals surface area contributed by atoms with Gasteiger partial charge in [-0.2, -0.15) is 0 Å². The maximum atomic E-state index is 11.9. The first kappa shape index (κ1) is 18.1. The highest BCUT2D eigenvalue weighted by molar-refractivity contribution is 6.17. The topological polar surface area (TPSA) is 84.9 Å². The first-order chi connectivity index (χ1) is 10.2. The molecule has 122 valence electrons. The highest BCUT2D eigenvalue weighted by Crippen LogP contribution is 2.13. The summed E-state index contributed by atoms with van der Waals surface area (Å²) in [5.74, 6) is -0.544. The number of benzene rings is 1. The fourth-order valence-corrected chi connectivity index (χ4v) is 1.77. The lowest BCUT2D eigenvalue weighted by Crippen LogP contribution is -2.45. The van der Waals surface area contributed by atoms with Gasteiger partial charge >= 0.3 is 12.1 Å². The van der Waals surface area contributed by atoms with Crippen LogP contribution in [0.25, 0.3) is 0 Å². The van der Waals surface area contributed by atoms with Gasteiger partial charge in [0.25, 0.3) is 0 Å². The number of amides is 1. The summed E-state index contributed by atoms with van der Waals surface area (Å²) in [5.41, 5.74) is 0.0641. The van der Waals surface area contributed by atoms with Crippen LogP contribution >= 0.6 is 11.6 Å². The van der Waals surface area contributed by atoms with Crippen LogP contribution < -0.4 is 5.32 Å². The minimum absolute atomic E-state index is 0.115. The van der Waals surface area contributed by atoms with Crippen molar-refractivity contribution in [1.29, 1.82) is 0 Å². The first-order valence-corrected chi connectivity index (χ1v) is 7.25. The fourth-order valence-electron chi connectivity index (χ4n) is 1.67. The van der Waals surface area contributed by atoms with Crippen molar-refractivity contribution in [1.82, 2.24) is 5.32 Å². The lowest BCUT2D eigenvalue weighted by atomic mass is 10.1. The number of alkyl carbamates (subject to hydrolysis) is 1. The zero-order valence-electron chi connectivity index (χ0n) is 12.8. The third-order valence-electron chi connectivity index (χ3n) is 2.55. The van der Waals surface area contributed by atoms with Crippen molar-refractivity contribution in [2.75, 3.05) is 6.07 Å². The van der Waals surface area contributed by atoms with E-state index in [2.05, 4.69) is 5.32 Å². The zero-order chi connectivity index (χ0) is 16.8. The van der Waals surface area contributed by atoms with Gasteiger partial charge in [0, 0.05) is 6.42 Å². The Balaban J connectivity index is 2.77. The van der Waals surface area contributed by atoms with Gasteiger partial charge in [0.05, 0.1) is 0 Å². The maximum absolute atomic E-state index is 11.9. The van der Waals surface area contributed by atoms with E-state index in [1.807, 2.05) is 0 Å². The van der Waals surface area contributed by atoms with E-state index < -0.39 is 23.7 Å². The number of phenolic OH excluding ortho intramolecular Hbond substituents is 1. The number of hydrogen-bond donors (Lipinski definition) is 2. The molecule has 0 bridgehead atoms. The summed E-state index contributed by atoms with van der Waals surface area (Å²) < 4.78 is 9.86. The van der Waals surface area contributed by atoms with Crippen molar-refractivity contribution < 1.29 is 24.2 Å². The van der Waals surface area contributed by atoms with Crippen LogP contribution in [-0.2, 0) is 20.7 Å². The van der Waals surface area contributed by atoms with Crippen LogP contribution in [0.15, 0.2) is 24.3 Å². The first-order valence-electron chi connectivity index (χ1n) is 6.71. The summed E-state index contributed by atoms with van der Waals surface area (Å²) in [4.78, 5) is 23.7.